The Morgan fingerprint density at radius 3 is 1.54 bits per heavy atom. The number of hydrogen-bond donors (Lipinski definition) is 2. The zero-order valence-electron chi connectivity index (χ0n) is 35.6. The highest BCUT2D eigenvalue weighted by molar-refractivity contribution is 5.77. The zero-order chi connectivity index (χ0) is 43.1. The van der Waals surface area contributed by atoms with Crippen molar-refractivity contribution in [2.24, 2.45) is 4.99 Å². The van der Waals surface area contributed by atoms with Crippen molar-refractivity contribution in [3.05, 3.63) is 179 Å². The van der Waals surface area contributed by atoms with Gasteiger partial charge in [-0.3, -0.25) is 0 Å². The van der Waals surface area contributed by atoms with Gasteiger partial charge in [-0.15, -0.1) is 0 Å². The summed E-state index contributed by atoms with van der Waals surface area (Å²) in [5.41, 5.74) is 3.48. The number of hydrogen-bond acceptors (Lipinski definition) is 11. The number of nitrogens with zero attached hydrogens (tertiary/aromatic N) is 1. The molecule has 0 unspecified atom stereocenters. The maximum atomic E-state index is 12.4. The quantitative estimate of drug-likeness (QED) is 0.102. The highest BCUT2D eigenvalue weighted by Crippen LogP contribution is 2.45. The van der Waals surface area contributed by atoms with Gasteiger partial charge in [0.25, 0.3) is 6.02 Å². The standard InChI is InChI=1S/C51H56N2O10/c1-50(2)60-34-51(54)46-43(44(47(51)63-50)58-31-38-24-14-6-15-25-38)62-49(52-46)53-48-45(59-32-39-26-16-7-17-27-39)42(57-30-37-22-12-5-13-23-37)41(56-29-36-20-10-4-11-21-36)40(61-48)33-55-28-35-18-8-3-9-19-35/h3-27,40-48,54H,28-34H2,1-2H3,(H,52,53)/t40-,41-,42+,43-,44-,45-,46-,47+,48+,51+/m1/s1. The maximum absolute atomic E-state index is 12.4. The van der Waals surface area contributed by atoms with E-state index in [4.69, 9.17) is 47.6 Å². The number of amidine groups is 1. The second-order valence-corrected chi connectivity index (χ2v) is 17.0. The van der Waals surface area contributed by atoms with Crippen molar-refractivity contribution < 1.29 is 47.7 Å². The second kappa shape index (κ2) is 19.8. The van der Waals surface area contributed by atoms with Crippen LogP contribution in [-0.2, 0) is 75.7 Å². The van der Waals surface area contributed by atoms with Crippen LogP contribution in [0.5, 0.6) is 0 Å². The Morgan fingerprint density at radius 2 is 1.03 bits per heavy atom. The first-order valence-corrected chi connectivity index (χ1v) is 21.8. The van der Waals surface area contributed by atoms with Crippen molar-refractivity contribution in [1.29, 1.82) is 0 Å². The van der Waals surface area contributed by atoms with Gasteiger partial charge in [0, 0.05) is 0 Å². The van der Waals surface area contributed by atoms with Crippen LogP contribution in [0.4, 0.5) is 0 Å². The summed E-state index contributed by atoms with van der Waals surface area (Å²) in [5, 5.41) is 15.8. The van der Waals surface area contributed by atoms with Crippen LogP contribution in [-0.4, -0.2) is 90.7 Å². The fraction of sp³-hybridized carbons (Fsp3) is 0.392. The third kappa shape index (κ3) is 10.4. The molecule has 12 heteroatoms. The molecule has 3 heterocycles. The summed E-state index contributed by atoms with van der Waals surface area (Å²) in [6, 6.07) is 49.4. The van der Waals surface area contributed by atoms with Gasteiger partial charge in [0.15, 0.2) is 18.1 Å². The van der Waals surface area contributed by atoms with Gasteiger partial charge in [0.2, 0.25) is 0 Å². The van der Waals surface area contributed by atoms with Crippen LogP contribution < -0.4 is 5.32 Å². The van der Waals surface area contributed by atoms with Gasteiger partial charge in [-0.05, 0) is 41.7 Å². The van der Waals surface area contributed by atoms with Crippen LogP contribution in [0.25, 0.3) is 0 Å². The van der Waals surface area contributed by atoms with Crippen molar-refractivity contribution >= 4 is 6.02 Å². The van der Waals surface area contributed by atoms with E-state index in [9.17, 15) is 5.11 Å². The Hall–Kier alpha value is -4.99. The molecule has 9 rings (SSSR count). The van der Waals surface area contributed by atoms with Crippen LogP contribution in [0.15, 0.2) is 157 Å². The summed E-state index contributed by atoms with van der Waals surface area (Å²) >= 11 is 0. The number of aliphatic hydroxyl groups is 1. The largest absolute Gasteiger partial charge is 0.457 e. The molecule has 330 valence electrons. The van der Waals surface area contributed by atoms with Crippen LogP contribution in [0.3, 0.4) is 0 Å². The lowest BCUT2D eigenvalue weighted by Crippen LogP contribution is -2.64. The Morgan fingerprint density at radius 1 is 0.587 bits per heavy atom. The molecular weight excluding hydrogens is 801 g/mol. The summed E-state index contributed by atoms with van der Waals surface area (Å²) in [4.78, 5) is 5.13. The average molecular weight is 857 g/mol. The first-order chi connectivity index (χ1) is 30.8. The number of benzene rings is 5. The number of fused-ring (bicyclic) bond motifs is 3. The molecule has 5 aromatic carbocycles. The van der Waals surface area contributed by atoms with Crippen LogP contribution in [0, 0.1) is 0 Å². The monoisotopic (exact) mass is 856 g/mol. The van der Waals surface area contributed by atoms with Gasteiger partial charge in [-0.2, -0.15) is 0 Å². The minimum atomic E-state index is -1.50. The molecule has 3 saturated heterocycles. The predicted octanol–water partition coefficient (Wildman–Crippen LogP) is 6.88. The summed E-state index contributed by atoms with van der Waals surface area (Å²) in [7, 11) is 0. The molecule has 0 bridgehead atoms. The van der Waals surface area contributed by atoms with E-state index in [1.807, 2.05) is 166 Å². The molecule has 10 atom stereocenters. The first-order valence-electron chi connectivity index (χ1n) is 21.8. The van der Waals surface area contributed by atoms with Crippen molar-refractivity contribution in [2.45, 2.75) is 113 Å². The van der Waals surface area contributed by atoms with E-state index in [0.717, 1.165) is 27.8 Å². The van der Waals surface area contributed by atoms with E-state index >= 15 is 0 Å². The minimum absolute atomic E-state index is 0.0000705. The number of rotatable bonds is 17. The summed E-state index contributed by atoms with van der Waals surface area (Å²) in [6.45, 7) is 5.34. The molecule has 63 heavy (non-hydrogen) atoms. The summed E-state index contributed by atoms with van der Waals surface area (Å²) < 4.78 is 59.7. The smallest absolute Gasteiger partial charge is 0.288 e. The van der Waals surface area contributed by atoms with E-state index in [-0.39, 0.29) is 32.4 Å². The highest BCUT2D eigenvalue weighted by atomic mass is 16.7. The molecule has 3 aliphatic heterocycles. The summed E-state index contributed by atoms with van der Waals surface area (Å²) in [5.74, 6) is -0.939. The lowest BCUT2D eigenvalue weighted by Gasteiger charge is -2.45. The third-order valence-corrected chi connectivity index (χ3v) is 12.0. The van der Waals surface area contributed by atoms with E-state index in [2.05, 4.69) is 5.32 Å². The Bertz CT molecular complexity index is 2200. The molecule has 4 aliphatic rings. The Labute approximate surface area is 369 Å². The van der Waals surface area contributed by atoms with Crippen LogP contribution in [0.2, 0.25) is 0 Å². The molecule has 1 saturated carbocycles. The predicted molar refractivity (Wildman–Crippen MR) is 234 cm³/mol. The molecule has 2 N–H and O–H groups in total. The van der Waals surface area contributed by atoms with Gasteiger partial charge in [-0.25, -0.2) is 4.99 Å². The number of nitrogens with one attached hydrogen (secondary N) is 1. The third-order valence-electron chi connectivity index (χ3n) is 12.0. The van der Waals surface area contributed by atoms with Crippen LogP contribution in [0.1, 0.15) is 41.7 Å². The normalized spacial score (nSPS) is 30.3. The summed E-state index contributed by atoms with van der Waals surface area (Å²) in [6.07, 6.45) is -5.83. The fourth-order valence-corrected chi connectivity index (χ4v) is 8.72. The molecule has 5 aromatic rings. The maximum Gasteiger partial charge on any atom is 0.288 e. The number of aliphatic imine (C=N–C) groups is 1. The van der Waals surface area contributed by atoms with Crippen molar-refractivity contribution in [1.82, 2.24) is 5.32 Å². The average Bonchev–Trinajstić information content (AvgIpc) is 3.83. The molecule has 0 radical (unpaired) electrons. The molecule has 1 aliphatic carbocycles. The molecule has 0 spiro atoms. The van der Waals surface area contributed by atoms with Gasteiger partial charge in [0.1, 0.15) is 48.3 Å². The van der Waals surface area contributed by atoms with Crippen LogP contribution >= 0.6 is 0 Å². The topological polar surface area (TPSA) is 128 Å². The van der Waals surface area contributed by atoms with E-state index in [1.165, 1.54) is 0 Å². The lowest BCUT2D eigenvalue weighted by atomic mass is 9.94. The van der Waals surface area contributed by atoms with Crippen molar-refractivity contribution in [3.63, 3.8) is 0 Å². The van der Waals surface area contributed by atoms with Gasteiger partial charge < -0.3 is 53.1 Å². The zero-order valence-corrected chi connectivity index (χ0v) is 35.6. The second-order valence-electron chi connectivity index (χ2n) is 17.0. The molecular formula is C51H56N2O10. The SMILES string of the molecule is CC1(C)OC[C@]2(O)[C@@H]3N/C(=N\[C@H]4O[C@H](COCc5ccccc5)[C@@H](OCc5ccccc5)[C@H](OCc5ccccc5)[C@H]4OCc4ccccc4)O[C@@H]3[C@@H](OCc3ccccc3)[C@@H]2O1. The van der Waals surface area contributed by atoms with Gasteiger partial charge in [-0.1, -0.05) is 152 Å². The van der Waals surface area contributed by atoms with Gasteiger partial charge >= 0.3 is 0 Å². The lowest BCUT2D eigenvalue weighted by molar-refractivity contribution is -0.340. The van der Waals surface area contributed by atoms with E-state index in [1.54, 1.807) is 0 Å². The highest BCUT2D eigenvalue weighted by Gasteiger charge is 2.69. The van der Waals surface area contributed by atoms with Crippen molar-refractivity contribution in [3.8, 4) is 0 Å². The van der Waals surface area contributed by atoms with E-state index < -0.39 is 66.4 Å². The minimum Gasteiger partial charge on any atom is -0.457 e. The first kappa shape index (κ1) is 43.3. The van der Waals surface area contributed by atoms with Crippen molar-refractivity contribution in [2.75, 3.05) is 13.2 Å². The molecule has 0 amide bonds. The van der Waals surface area contributed by atoms with E-state index in [0.29, 0.717) is 19.8 Å². The van der Waals surface area contributed by atoms with Gasteiger partial charge in [0.05, 0.1) is 46.2 Å². The fourth-order valence-electron chi connectivity index (χ4n) is 8.72. The molecule has 12 nitrogen and oxygen atoms in total. The molecule has 4 fully saturated rings. The Balaban J connectivity index is 1.05. The molecule has 0 aromatic heterocycles. The Kier molecular flexibility index (Phi) is 13.6. The number of ether oxygens (including phenoxy) is 9.